The van der Waals surface area contributed by atoms with Crippen molar-refractivity contribution in [1.29, 1.82) is 0 Å². The van der Waals surface area contributed by atoms with Gasteiger partial charge in [0.2, 0.25) is 5.82 Å². The standard InChI is InChI=1S/C25H28N8O2/c1-17-15-32(16-18(2)35-17)13-11-28-25(34)19-14-26-10-8-20(19)29-24-22-7-5-12-33(22)31-23(30-24)21-6-3-4-9-27-21/h3-10,12,14,17-18H,11,13,15-16H2,1-2H3,(H,28,34)(H,26,29,30,31)/t17-,18+. The van der Waals surface area contributed by atoms with Gasteiger partial charge in [0.05, 0.1) is 23.5 Å². The number of anilines is 2. The maximum Gasteiger partial charge on any atom is 0.255 e. The van der Waals surface area contributed by atoms with Gasteiger partial charge in [0, 0.05) is 51.0 Å². The van der Waals surface area contributed by atoms with E-state index in [0.717, 1.165) is 25.2 Å². The van der Waals surface area contributed by atoms with E-state index in [0.29, 0.717) is 35.1 Å². The fourth-order valence-corrected chi connectivity index (χ4v) is 4.33. The minimum Gasteiger partial charge on any atom is -0.373 e. The molecule has 0 radical (unpaired) electrons. The van der Waals surface area contributed by atoms with Gasteiger partial charge in [0.25, 0.3) is 5.91 Å². The van der Waals surface area contributed by atoms with Crippen LogP contribution in [0.3, 0.4) is 0 Å². The van der Waals surface area contributed by atoms with Crippen molar-refractivity contribution in [2.24, 2.45) is 0 Å². The molecule has 0 spiro atoms. The van der Waals surface area contributed by atoms with E-state index in [1.165, 1.54) is 0 Å². The first-order valence-electron chi connectivity index (χ1n) is 11.7. The lowest BCUT2D eigenvalue weighted by Crippen LogP contribution is -2.47. The topological polar surface area (TPSA) is 110 Å². The second kappa shape index (κ2) is 10.2. The molecule has 1 saturated heterocycles. The summed E-state index contributed by atoms with van der Waals surface area (Å²) in [6, 6.07) is 11.2. The van der Waals surface area contributed by atoms with E-state index in [4.69, 9.17) is 9.72 Å². The summed E-state index contributed by atoms with van der Waals surface area (Å²) in [5.74, 6) is 0.855. The van der Waals surface area contributed by atoms with Crippen molar-refractivity contribution in [1.82, 2.24) is 34.8 Å². The monoisotopic (exact) mass is 472 g/mol. The number of amides is 1. The Morgan fingerprint density at radius 3 is 2.77 bits per heavy atom. The predicted molar refractivity (Wildman–Crippen MR) is 133 cm³/mol. The molecule has 2 atom stereocenters. The number of nitrogens with zero attached hydrogens (tertiary/aromatic N) is 6. The molecular formula is C25H28N8O2. The largest absolute Gasteiger partial charge is 0.373 e. The van der Waals surface area contributed by atoms with E-state index >= 15 is 0 Å². The molecule has 35 heavy (non-hydrogen) atoms. The van der Waals surface area contributed by atoms with E-state index in [2.05, 4.69) is 44.4 Å². The Morgan fingerprint density at radius 2 is 1.97 bits per heavy atom. The number of aromatic nitrogens is 5. The van der Waals surface area contributed by atoms with Crippen molar-refractivity contribution in [2.45, 2.75) is 26.1 Å². The highest BCUT2D eigenvalue weighted by Gasteiger charge is 2.22. The minimum absolute atomic E-state index is 0.193. The van der Waals surface area contributed by atoms with E-state index < -0.39 is 0 Å². The maximum absolute atomic E-state index is 13.0. The molecule has 0 unspecified atom stereocenters. The number of nitrogens with one attached hydrogen (secondary N) is 2. The molecule has 0 aliphatic carbocycles. The first-order chi connectivity index (χ1) is 17.1. The number of hydrogen-bond donors (Lipinski definition) is 2. The first kappa shape index (κ1) is 22.9. The second-order valence-corrected chi connectivity index (χ2v) is 8.66. The average Bonchev–Trinajstić information content (AvgIpc) is 3.33. The van der Waals surface area contributed by atoms with Crippen LogP contribution in [0.4, 0.5) is 11.5 Å². The fraction of sp³-hybridized carbons (Fsp3) is 0.320. The average molecular weight is 473 g/mol. The SMILES string of the molecule is C[C@@H]1CN(CCNC(=O)c2cnccc2Nc2nc(-c3ccccn3)nn3cccc23)C[C@H](C)O1. The van der Waals surface area contributed by atoms with Gasteiger partial charge >= 0.3 is 0 Å². The maximum atomic E-state index is 13.0. The van der Waals surface area contributed by atoms with Gasteiger partial charge in [-0.25, -0.2) is 9.50 Å². The van der Waals surface area contributed by atoms with Gasteiger partial charge in [-0.1, -0.05) is 6.07 Å². The van der Waals surface area contributed by atoms with Crippen LogP contribution >= 0.6 is 0 Å². The second-order valence-electron chi connectivity index (χ2n) is 8.66. The quantitative estimate of drug-likeness (QED) is 0.423. The summed E-state index contributed by atoms with van der Waals surface area (Å²) in [4.78, 5) is 28.6. The number of carbonyl (C=O) groups is 1. The van der Waals surface area contributed by atoms with Gasteiger partial charge in [-0.2, -0.15) is 0 Å². The van der Waals surface area contributed by atoms with E-state index in [-0.39, 0.29) is 18.1 Å². The van der Waals surface area contributed by atoms with Crippen LogP contribution in [-0.4, -0.2) is 73.8 Å². The van der Waals surface area contributed by atoms with Crippen LogP contribution in [0.15, 0.2) is 61.2 Å². The highest BCUT2D eigenvalue weighted by molar-refractivity contribution is 6.00. The molecule has 0 bridgehead atoms. The molecule has 2 N–H and O–H groups in total. The first-order valence-corrected chi connectivity index (χ1v) is 11.7. The summed E-state index contributed by atoms with van der Waals surface area (Å²) >= 11 is 0. The van der Waals surface area contributed by atoms with Gasteiger partial charge in [-0.05, 0) is 44.2 Å². The number of pyridine rings is 2. The molecule has 1 aliphatic rings. The Labute approximate surface area is 203 Å². The molecular weight excluding hydrogens is 444 g/mol. The lowest BCUT2D eigenvalue weighted by molar-refractivity contribution is -0.0672. The Bertz CT molecular complexity index is 1300. The molecule has 0 saturated carbocycles. The zero-order valence-electron chi connectivity index (χ0n) is 19.8. The molecule has 10 nitrogen and oxygen atoms in total. The highest BCUT2D eigenvalue weighted by Crippen LogP contribution is 2.25. The van der Waals surface area contributed by atoms with Crippen molar-refractivity contribution in [2.75, 3.05) is 31.5 Å². The van der Waals surface area contributed by atoms with Gasteiger partial charge in [0.15, 0.2) is 5.82 Å². The lowest BCUT2D eigenvalue weighted by Gasteiger charge is -2.35. The zero-order chi connectivity index (χ0) is 24.2. The third-order valence-electron chi connectivity index (χ3n) is 5.81. The van der Waals surface area contributed by atoms with Crippen LogP contribution in [0, 0.1) is 0 Å². The fourth-order valence-electron chi connectivity index (χ4n) is 4.33. The summed E-state index contributed by atoms with van der Waals surface area (Å²) in [7, 11) is 0. The summed E-state index contributed by atoms with van der Waals surface area (Å²) < 4.78 is 7.53. The Kier molecular flexibility index (Phi) is 6.64. The molecule has 5 rings (SSSR count). The van der Waals surface area contributed by atoms with Gasteiger partial charge in [0.1, 0.15) is 11.2 Å². The highest BCUT2D eigenvalue weighted by atomic mass is 16.5. The van der Waals surface area contributed by atoms with E-state index in [9.17, 15) is 4.79 Å². The summed E-state index contributed by atoms with van der Waals surface area (Å²) in [6.45, 7) is 7.16. The van der Waals surface area contributed by atoms with Crippen molar-refractivity contribution < 1.29 is 9.53 Å². The number of carbonyl (C=O) groups excluding carboxylic acids is 1. The van der Waals surface area contributed by atoms with Gasteiger partial charge in [-0.15, -0.1) is 5.10 Å². The molecule has 4 aromatic heterocycles. The lowest BCUT2D eigenvalue weighted by atomic mass is 10.2. The molecule has 1 amide bonds. The molecule has 1 fully saturated rings. The molecule has 1 aliphatic heterocycles. The molecule has 180 valence electrons. The van der Waals surface area contributed by atoms with Crippen LogP contribution in [0.25, 0.3) is 17.0 Å². The van der Waals surface area contributed by atoms with E-state index in [1.54, 1.807) is 29.2 Å². The van der Waals surface area contributed by atoms with Crippen LogP contribution in [0.1, 0.15) is 24.2 Å². The van der Waals surface area contributed by atoms with Crippen LogP contribution < -0.4 is 10.6 Å². The summed E-state index contributed by atoms with van der Waals surface area (Å²) in [6.07, 6.45) is 7.15. The number of morpholine rings is 1. The van der Waals surface area contributed by atoms with Crippen LogP contribution in [0.5, 0.6) is 0 Å². The van der Waals surface area contributed by atoms with Crippen LogP contribution in [-0.2, 0) is 4.74 Å². The number of ether oxygens (including phenoxy) is 1. The molecule has 10 heteroatoms. The molecule has 5 heterocycles. The molecule has 0 aromatic carbocycles. The van der Waals surface area contributed by atoms with Crippen molar-refractivity contribution in [3.63, 3.8) is 0 Å². The van der Waals surface area contributed by atoms with Crippen LogP contribution in [0.2, 0.25) is 0 Å². The predicted octanol–water partition coefficient (Wildman–Crippen LogP) is 2.77. The molecule has 4 aromatic rings. The zero-order valence-corrected chi connectivity index (χ0v) is 19.8. The number of hydrogen-bond acceptors (Lipinski definition) is 8. The summed E-state index contributed by atoms with van der Waals surface area (Å²) in [5, 5.41) is 10.9. The van der Waals surface area contributed by atoms with Crippen molar-refractivity contribution in [3.8, 4) is 11.5 Å². The van der Waals surface area contributed by atoms with E-state index in [1.807, 2.05) is 36.5 Å². The number of fused-ring (bicyclic) bond motifs is 1. The third kappa shape index (κ3) is 5.28. The van der Waals surface area contributed by atoms with Crippen molar-refractivity contribution in [3.05, 3.63) is 66.7 Å². The Morgan fingerprint density at radius 1 is 1.11 bits per heavy atom. The normalized spacial score (nSPS) is 18.5. The van der Waals surface area contributed by atoms with Gasteiger partial charge < -0.3 is 15.4 Å². The van der Waals surface area contributed by atoms with Crippen molar-refractivity contribution >= 4 is 22.9 Å². The third-order valence-corrected chi connectivity index (χ3v) is 5.81. The van der Waals surface area contributed by atoms with Gasteiger partial charge in [-0.3, -0.25) is 19.7 Å². The Hall–Kier alpha value is -3.89. The minimum atomic E-state index is -0.194. The smallest absolute Gasteiger partial charge is 0.255 e. The number of rotatable bonds is 7. The summed E-state index contributed by atoms with van der Waals surface area (Å²) in [5.41, 5.74) is 2.49. The Balaban J connectivity index is 1.33.